The topological polar surface area (TPSA) is 38.3 Å². The molecule has 0 aromatic heterocycles. The van der Waals surface area contributed by atoms with Gasteiger partial charge in [-0.05, 0) is 24.7 Å². The second-order valence-electron chi connectivity index (χ2n) is 4.97. The summed E-state index contributed by atoms with van der Waals surface area (Å²) in [6, 6.07) is 0. The first kappa shape index (κ1) is 12.1. The SMILES string of the molecule is C#CCNC1(C(=O)OC)CCC(C)(C)C1. The zero-order valence-corrected chi connectivity index (χ0v) is 9.72. The minimum absolute atomic E-state index is 0.176. The third kappa shape index (κ3) is 2.51. The summed E-state index contributed by atoms with van der Waals surface area (Å²) in [5.41, 5.74) is -0.388. The number of hydrogen-bond donors (Lipinski definition) is 1. The minimum Gasteiger partial charge on any atom is -0.468 e. The van der Waals surface area contributed by atoms with E-state index in [1.807, 2.05) is 0 Å². The van der Waals surface area contributed by atoms with E-state index in [9.17, 15) is 4.79 Å². The number of methoxy groups -OCH3 is 1. The van der Waals surface area contributed by atoms with Gasteiger partial charge in [0.2, 0.25) is 0 Å². The van der Waals surface area contributed by atoms with E-state index >= 15 is 0 Å². The lowest BCUT2D eigenvalue weighted by atomic mass is 9.87. The van der Waals surface area contributed by atoms with Gasteiger partial charge in [0.05, 0.1) is 13.7 Å². The molecule has 1 rings (SSSR count). The van der Waals surface area contributed by atoms with Crippen molar-refractivity contribution in [2.75, 3.05) is 13.7 Å². The standard InChI is InChI=1S/C12H19NO2/c1-5-8-13-12(10(14)15-4)7-6-11(2,3)9-12/h1,13H,6-9H2,2-4H3. The molecule has 0 spiro atoms. The minimum atomic E-state index is -0.565. The van der Waals surface area contributed by atoms with Gasteiger partial charge in [-0.15, -0.1) is 6.42 Å². The van der Waals surface area contributed by atoms with Crippen LogP contribution in [-0.2, 0) is 9.53 Å². The molecule has 3 heteroatoms. The molecule has 3 nitrogen and oxygen atoms in total. The normalized spacial score (nSPS) is 28.4. The molecule has 0 saturated heterocycles. The van der Waals surface area contributed by atoms with E-state index < -0.39 is 5.54 Å². The Balaban J connectivity index is 2.80. The Morgan fingerprint density at radius 2 is 2.20 bits per heavy atom. The Bertz CT molecular complexity index is 290. The van der Waals surface area contributed by atoms with Crippen molar-refractivity contribution in [3.63, 3.8) is 0 Å². The van der Waals surface area contributed by atoms with Gasteiger partial charge in [0.25, 0.3) is 0 Å². The van der Waals surface area contributed by atoms with E-state index in [0.717, 1.165) is 19.3 Å². The molecule has 0 radical (unpaired) electrons. The predicted molar refractivity (Wildman–Crippen MR) is 59.2 cm³/mol. The third-order valence-electron chi connectivity index (χ3n) is 3.11. The summed E-state index contributed by atoms with van der Waals surface area (Å²) in [6.45, 7) is 4.73. The van der Waals surface area contributed by atoms with Crippen LogP contribution in [0, 0.1) is 17.8 Å². The van der Waals surface area contributed by atoms with Gasteiger partial charge in [-0.1, -0.05) is 19.8 Å². The lowest BCUT2D eigenvalue weighted by molar-refractivity contribution is -0.148. The van der Waals surface area contributed by atoms with E-state index in [1.54, 1.807) is 0 Å². The van der Waals surface area contributed by atoms with Crippen molar-refractivity contribution in [1.29, 1.82) is 0 Å². The van der Waals surface area contributed by atoms with Gasteiger partial charge in [0, 0.05) is 0 Å². The average molecular weight is 209 g/mol. The van der Waals surface area contributed by atoms with Crippen LogP contribution in [0.15, 0.2) is 0 Å². The number of esters is 1. The molecule has 0 amide bonds. The fourth-order valence-electron chi connectivity index (χ4n) is 2.36. The predicted octanol–water partition coefficient (Wildman–Crippen LogP) is 1.33. The Hall–Kier alpha value is -1.01. The molecule has 1 unspecified atom stereocenters. The van der Waals surface area contributed by atoms with Crippen LogP contribution in [0.4, 0.5) is 0 Å². The second-order valence-corrected chi connectivity index (χ2v) is 4.97. The van der Waals surface area contributed by atoms with E-state index in [0.29, 0.717) is 6.54 Å². The van der Waals surface area contributed by atoms with Crippen molar-refractivity contribution in [3.05, 3.63) is 0 Å². The van der Waals surface area contributed by atoms with E-state index in [1.165, 1.54) is 7.11 Å². The number of carbonyl (C=O) groups is 1. The van der Waals surface area contributed by atoms with Crippen LogP contribution in [0.2, 0.25) is 0 Å². The van der Waals surface area contributed by atoms with Crippen molar-refractivity contribution in [3.8, 4) is 12.3 Å². The van der Waals surface area contributed by atoms with E-state index in [2.05, 4.69) is 25.1 Å². The first-order valence-corrected chi connectivity index (χ1v) is 5.23. The lowest BCUT2D eigenvalue weighted by Gasteiger charge is -2.28. The molecule has 1 aliphatic rings. The summed E-state index contributed by atoms with van der Waals surface area (Å²) in [7, 11) is 1.42. The number of nitrogens with one attached hydrogen (secondary N) is 1. The molecule has 1 saturated carbocycles. The molecule has 1 atom stereocenters. The Labute approximate surface area is 91.6 Å². The van der Waals surface area contributed by atoms with Crippen molar-refractivity contribution in [1.82, 2.24) is 5.32 Å². The molecular weight excluding hydrogens is 190 g/mol. The molecule has 0 heterocycles. The summed E-state index contributed by atoms with van der Waals surface area (Å²) < 4.78 is 4.86. The highest BCUT2D eigenvalue weighted by Crippen LogP contribution is 2.44. The molecule has 1 N–H and O–H groups in total. The molecule has 84 valence electrons. The number of ether oxygens (including phenoxy) is 1. The first-order chi connectivity index (χ1) is 6.96. The van der Waals surface area contributed by atoms with Crippen LogP contribution in [0.25, 0.3) is 0 Å². The van der Waals surface area contributed by atoms with Crippen molar-refractivity contribution < 1.29 is 9.53 Å². The Kier molecular flexibility index (Phi) is 3.41. The highest BCUT2D eigenvalue weighted by atomic mass is 16.5. The fraction of sp³-hybridized carbons (Fsp3) is 0.750. The molecule has 0 bridgehead atoms. The van der Waals surface area contributed by atoms with Crippen molar-refractivity contribution in [2.45, 2.75) is 38.6 Å². The average Bonchev–Trinajstić information content (AvgIpc) is 2.51. The van der Waals surface area contributed by atoms with Crippen LogP contribution >= 0.6 is 0 Å². The summed E-state index contributed by atoms with van der Waals surface area (Å²) in [5, 5.41) is 3.14. The maximum absolute atomic E-state index is 11.8. The zero-order valence-electron chi connectivity index (χ0n) is 9.72. The molecule has 0 aliphatic heterocycles. The molecular formula is C12H19NO2. The van der Waals surface area contributed by atoms with Gasteiger partial charge in [-0.25, -0.2) is 0 Å². The van der Waals surface area contributed by atoms with Crippen LogP contribution in [0.5, 0.6) is 0 Å². The van der Waals surface area contributed by atoms with E-state index in [4.69, 9.17) is 11.2 Å². The van der Waals surface area contributed by atoms with Gasteiger partial charge in [0.1, 0.15) is 5.54 Å². The number of terminal acetylenes is 1. The first-order valence-electron chi connectivity index (χ1n) is 5.23. The smallest absolute Gasteiger partial charge is 0.326 e. The van der Waals surface area contributed by atoms with Crippen LogP contribution in [-0.4, -0.2) is 25.2 Å². The largest absolute Gasteiger partial charge is 0.468 e. The van der Waals surface area contributed by atoms with Crippen molar-refractivity contribution >= 4 is 5.97 Å². The van der Waals surface area contributed by atoms with Crippen molar-refractivity contribution in [2.24, 2.45) is 5.41 Å². The Morgan fingerprint density at radius 3 is 2.60 bits per heavy atom. The number of rotatable bonds is 3. The molecule has 1 fully saturated rings. The molecule has 15 heavy (non-hydrogen) atoms. The monoisotopic (exact) mass is 209 g/mol. The second kappa shape index (κ2) is 4.24. The van der Waals surface area contributed by atoms with E-state index in [-0.39, 0.29) is 11.4 Å². The summed E-state index contributed by atoms with van der Waals surface area (Å²) in [6.07, 6.45) is 7.81. The zero-order chi connectivity index (χ0) is 11.5. The third-order valence-corrected chi connectivity index (χ3v) is 3.11. The number of hydrogen-bond acceptors (Lipinski definition) is 3. The maximum atomic E-state index is 11.8. The highest BCUT2D eigenvalue weighted by Gasteiger charge is 2.48. The van der Waals surface area contributed by atoms with Gasteiger partial charge >= 0.3 is 5.97 Å². The Morgan fingerprint density at radius 1 is 1.53 bits per heavy atom. The summed E-state index contributed by atoms with van der Waals surface area (Å²) in [5.74, 6) is 2.32. The maximum Gasteiger partial charge on any atom is 0.326 e. The van der Waals surface area contributed by atoms with Crippen LogP contribution < -0.4 is 5.32 Å². The highest BCUT2D eigenvalue weighted by molar-refractivity contribution is 5.81. The molecule has 0 aromatic rings. The quantitative estimate of drug-likeness (QED) is 0.563. The van der Waals surface area contributed by atoms with Gasteiger partial charge in [-0.3, -0.25) is 10.1 Å². The van der Waals surface area contributed by atoms with Gasteiger partial charge in [-0.2, -0.15) is 0 Å². The van der Waals surface area contributed by atoms with Crippen LogP contribution in [0.3, 0.4) is 0 Å². The molecule has 0 aromatic carbocycles. The summed E-state index contributed by atoms with van der Waals surface area (Å²) in [4.78, 5) is 11.8. The summed E-state index contributed by atoms with van der Waals surface area (Å²) >= 11 is 0. The fourth-order valence-corrected chi connectivity index (χ4v) is 2.36. The number of carbonyl (C=O) groups excluding carboxylic acids is 1. The lowest BCUT2D eigenvalue weighted by Crippen LogP contribution is -2.51. The van der Waals surface area contributed by atoms with Gasteiger partial charge < -0.3 is 4.74 Å². The van der Waals surface area contributed by atoms with Gasteiger partial charge in [0.15, 0.2) is 0 Å². The van der Waals surface area contributed by atoms with Crippen LogP contribution in [0.1, 0.15) is 33.1 Å². The molecule has 1 aliphatic carbocycles.